The molecule has 0 aliphatic rings. The van der Waals surface area contributed by atoms with E-state index in [1.165, 1.54) is 5.56 Å². The van der Waals surface area contributed by atoms with Gasteiger partial charge in [-0.15, -0.1) is 0 Å². The summed E-state index contributed by atoms with van der Waals surface area (Å²) in [5.41, 5.74) is 8.01. The molecule has 184 valence electrons. The van der Waals surface area contributed by atoms with Gasteiger partial charge >= 0.3 is 0 Å². The fourth-order valence-electron chi connectivity index (χ4n) is 5.37. The van der Waals surface area contributed by atoms with Crippen LogP contribution in [0, 0.1) is 6.92 Å². The van der Waals surface area contributed by atoms with Crippen molar-refractivity contribution in [3.05, 3.63) is 172 Å². The Morgan fingerprint density at radius 3 is 1.47 bits per heavy atom. The number of nitrogens with zero attached hydrogens (tertiary/aromatic N) is 2. The van der Waals surface area contributed by atoms with Crippen LogP contribution in [0.2, 0.25) is 0 Å². The second-order valence-corrected chi connectivity index (χ2v) is 10.3. The lowest BCUT2D eigenvalue weighted by Crippen LogP contribution is -2.39. The van der Waals surface area contributed by atoms with Gasteiger partial charge in [-0.05, 0) is 45.6 Å². The third-order valence-corrected chi connectivity index (χ3v) is 7.81. The molecule has 5 aromatic carbocycles. The SMILES string of the molecule is Cc1cccc(-c2nn(C(c3ccccc3)(c3ccccc3)c3ccccc3)c(-c3ccccc3)c2Br)c1. The van der Waals surface area contributed by atoms with Gasteiger partial charge in [0.1, 0.15) is 11.2 Å². The molecule has 0 saturated heterocycles. The molecule has 3 heteroatoms. The molecule has 6 rings (SSSR count). The Kier molecular flexibility index (Phi) is 6.53. The number of benzene rings is 5. The summed E-state index contributed by atoms with van der Waals surface area (Å²) in [4.78, 5) is 0. The first kappa shape index (κ1) is 24.1. The van der Waals surface area contributed by atoms with Gasteiger partial charge in [-0.25, -0.2) is 4.68 Å². The lowest BCUT2D eigenvalue weighted by Gasteiger charge is -2.37. The van der Waals surface area contributed by atoms with E-state index >= 15 is 0 Å². The van der Waals surface area contributed by atoms with Crippen molar-refractivity contribution in [1.82, 2.24) is 9.78 Å². The molecule has 0 atom stereocenters. The molecule has 0 N–H and O–H groups in total. The van der Waals surface area contributed by atoms with Crippen molar-refractivity contribution in [3.63, 3.8) is 0 Å². The molecule has 38 heavy (non-hydrogen) atoms. The maximum atomic E-state index is 5.47. The summed E-state index contributed by atoms with van der Waals surface area (Å²) in [6, 6.07) is 51.2. The quantitative estimate of drug-likeness (QED) is 0.188. The van der Waals surface area contributed by atoms with Crippen molar-refractivity contribution in [1.29, 1.82) is 0 Å². The summed E-state index contributed by atoms with van der Waals surface area (Å²) in [6.45, 7) is 2.12. The average molecular weight is 556 g/mol. The molecule has 1 heterocycles. The zero-order valence-corrected chi connectivity index (χ0v) is 22.7. The number of hydrogen-bond acceptors (Lipinski definition) is 1. The first-order chi connectivity index (χ1) is 18.7. The standard InChI is InChI=1S/C35H27BrN2/c1-26-15-14-18-28(25-26)33-32(36)34(27-16-6-2-7-17-27)38(37-33)35(29-19-8-3-9-20-29,30-21-10-4-11-22-30)31-23-12-5-13-24-31/h2-25H,1H3. The van der Waals surface area contributed by atoms with Gasteiger partial charge in [0.15, 0.2) is 0 Å². The topological polar surface area (TPSA) is 17.8 Å². The highest BCUT2D eigenvalue weighted by Crippen LogP contribution is 2.47. The van der Waals surface area contributed by atoms with Gasteiger partial charge in [-0.2, -0.15) is 5.10 Å². The van der Waals surface area contributed by atoms with Crippen LogP contribution in [0.25, 0.3) is 22.5 Å². The van der Waals surface area contributed by atoms with E-state index in [0.717, 1.165) is 43.7 Å². The van der Waals surface area contributed by atoms with Gasteiger partial charge in [-0.3, -0.25) is 0 Å². The molecule has 6 aromatic rings. The van der Waals surface area contributed by atoms with Gasteiger partial charge in [0, 0.05) is 11.1 Å². The lowest BCUT2D eigenvalue weighted by atomic mass is 9.76. The van der Waals surface area contributed by atoms with Crippen LogP contribution < -0.4 is 0 Å². The fraction of sp³-hybridized carbons (Fsp3) is 0.0571. The number of hydrogen-bond donors (Lipinski definition) is 0. The molecule has 0 unspecified atom stereocenters. The maximum absolute atomic E-state index is 5.47. The molecular formula is C35H27BrN2. The molecule has 0 aliphatic carbocycles. The summed E-state index contributed by atoms with van der Waals surface area (Å²) >= 11 is 4.03. The molecule has 0 aliphatic heterocycles. The Morgan fingerprint density at radius 1 is 0.553 bits per heavy atom. The lowest BCUT2D eigenvalue weighted by molar-refractivity contribution is 0.466. The van der Waals surface area contributed by atoms with Gasteiger partial charge < -0.3 is 0 Å². The molecule has 0 spiro atoms. The molecule has 2 nitrogen and oxygen atoms in total. The molecular weight excluding hydrogens is 528 g/mol. The molecule has 0 fully saturated rings. The number of aryl methyl sites for hydroxylation is 1. The molecule has 0 radical (unpaired) electrons. The van der Waals surface area contributed by atoms with E-state index in [4.69, 9.17) is 5.10 Å². The Balaban J connectivity index is 1.80. The van der Waals surface area contributed by atoms with Crippen LogP contribution in [0.1, 0.15) is 22.3 Å². The number of halogens is 1. The normalized spacial score (nSPS) is 11.4. The van der Waals surface area contributed by atoms with E-state index < -0.39 is 5.54 Å². The van der Waals surface area contributed by atoms with Crippen LogP contribution in [0.15, 0.2) is 150 Å². The molecule has 0 amide bonds. The fourth-order valence-corrected chi connectivity index (χ4v) is 6.07. The Bertz CT molecular complexity index is 1560. The minimum atomic E-state index is -0.723. The van der Waals surface area contributed by atoms with Crippen LogP contribution in [0.5, 0.6) is 0 Å². The highest BCUT2D eigenvalue weighted by atomic mass is 79.9. The average Bonchev–Trinajstić information content (AvgIpc) is 3.33. The highest BCUT2D eigenvalue weighted by Gasteiger charge is 2.42. The van der Waals surface area contributed by atoms with E-state index in [-0.39, 0.29) is 0 Å². The van der Waals surface area contributed by atoms with Gasteiger partial charge in [0.2, 0.25) is 0 Å². The van der Waals surface area contributed by atoms with Crippen molar-refractivity contribution in [2.75, 3.05) is 0 Å². The molecule has 1 aromatic heterocycles. The molecule has 0 bridgehead atoms. The Hall–Kier alpha value is -4.21. The second-order valence-electron chi connectivity index (χ2n) is 9.47. The summed E-state index contributed by atoms with van der Waals surface area (Å²) in [5, 5.41) is 5.47. The minimum Gasteiger partial charge on any atom is -0.243 e. The summed E-state index contributed by atoms with van der Waals surface area (Å²) in [6.07, 6.45) is 0. The highest BCUT2D eigenvalue weighted by molar-refractivity contribution is 9.10. The Morgan fingerprint density at radius 2 is 1.00 bits per heavy atom. The van der Waals surface area contributed by atoms with Gasteiger partial charge in [0.05, 0.1) is 10.2 Å². The maximum Gasteiger partial charge on any atom is 0.138 e. The predicted molar refractivity (Wildman–Crippen MR) is 160 cm³/mol. The third-order valence-electron chi connectivity index (χ3n) is 7.06. The van der Waals surface area contributed by atoms with Crippen LogP contribution in [-0.2, 0) is 5.54 Å². The zero-order chi connectivity index (χ0) is 26.0. The Labute approximate surface area is 232 Å². The smallest absolute Gasteiger partial charge is 0.138 e. The van der Waals surface area contributed by atoms with E-state index in [1.807, 2.05) is 0 Å². The van der Waals surface area contributed by atoms with Crippen LogP contribution >= 0.6 is 15.9 Å². The van der Waals surface area contributed by atoms with Crippen molar-refractivity contribution in [2.45, 2.75) is 12.5 Å². The zero-order valence-electron chi connectivity index (χ0n) is 21.1. The van der Waals surface area contributed by atoms with Crippen molar-refractivity contribution < 1.29 is 0 Å². The van der Waals surface area contributed by atoms with Crippen molar-refractivity contribution in [3.8, 4) is 22.5 Å². The van der Waals surface area contributed by atoms with Crippen LogP contribution in [0.4, 0.5) is 0 Å². The third kappa shape index (κ3) is 4.09. The monoisotopic (exact) mass is 554 g/mol. The van der Waals surface area contributed by atoms with E-state index in [0.29, 0.717) is 0 Å². The minimum absolute atomic E-state index is 0.723. The van der Waals surface area contributed by atoms with Gasteiger partial charge in [-0.1, -0.05) is 145 Å². The van der Waals surface area contributed by atoms with E-state index in [2.05, 4.69) is 173 Å². The van der Waals surface area contributed by atoms with Crippen LogP contribution in [0.3, 0.4) is 0 Å². The second kappa shape index (κ2) is 10.3. The number of aromatic nitrogens is 2. The summed E-state index contributed by atoms with van der Waals surface area (Å²) < 4.78 is 3.20. The van der Waals surface area contributed by atoms with Crippen molar-refractivity contribution >= 4 is 15.9 Å². The van der Waals surface area contributed by atoms with Crippen molar-refractivity contribution in [2.24, 2.45) is 0 Å². The number of rotatable bonds is 6. The predicted octanol–water partition coefficient (Wildman–Crippen LogP) is 9.13. The van der Waals surface area contributed by atoms with Crippen LogP contribution in [-0.4, -0.2) is 9.78 Å². The largest absolute Gasteiger partial charge is 0.243 e. The first-order valence-electron chi connectivity index (χ1n) is 12.8. The van der Waals surface area contributed by atoms with E-state index in [9.17, 15) is 0 Å². The summed E-state index contributed by atoms with van der Waals surface area (Å²) in [7, 11) is 0. The van der Waals surface area contributed by atoms with Gasteiger partial charge in [0.25, 0.3) is 0 Å². The molecule has 0 saturated carbocycles. The van der Waals surface area contributed by atoms with E-state index in [1.54, 1.807) is 0 Å². The first-order valence-corrected chi connectivity index (χ1v) is 13.6. The summed E-state index contributed by atoms with van der Waals surface area (Å²) in [5.74, 6) is 0.